The number of aromatic nitrogens is 1. The molecule has 0 unspecified atom stereocenters. The Kier molecular flexibility index (Phi) is 8.70. The molecule has 0 saturated heterocycles. The van der Waals surface area contributed by atoms with E-state index in [9.17, 15) is 9.59 Å². The number of benzene rings is 1. The van der Waals surface area contributed by atoms with Crippen LogP contribution in [-0.2, 0) is 27.2 Å². The molecule has 6 heteroatoms. The van der Waals surface area contributed by atoms with Crippen LogP contribution in [0.2, 0.25) is 0 Å². The highest BCUT2D eigenvalue weighted by molar-refractivity contribution is 5.91. The number of nitrogens with one attached hydrogen (secondary N) is 1. The number of carbonyl (C=O) groups excluding carboxylic acids is 2. The smallest absolute Gasteiger partial charge is 0.306 e. The van der Waals surface area contributed by atoms with Crippen molar-refractivity contribution >= 4 is 17.6 Å². The summed E-state index contributed by atoms with van der Waals surface area (Å²) in [5, 5.41) is 7.33. The molecule has 1 aliphatic rings. The van der Waals surface area contributed by atoms with Crippen molar-refractivity contribution in [2.75, 3.05) is 11.9 Å². The molecule has 180 valence electrons. The monoisotopic (exact) mass is 454 g/mol. The van der Waals surface area contributed by atoms with Gasteiger partial charge in [0.15, 0.2) is 0 Å². The van der Waals surface area contributed by atoms with Crippen LogP contribution in [-0.4, -0.2) is 23.6 Å². The lowest BCUT2D eigenvalue weighted by atomic mass is 9.69. The fourth-order valence-corrected chi connectivity index (χ4v) is 4.81. The second-order valence-corrected chi connectivity index (χ2v) is 9.81. The molecule has 1 N–H and O–H groups in total. The highest BCUT2D eigenvalue weighted by Crippen LogP contribution is 2.46. The van der Waals surface area contributed by atoms with E-state index in [0.29, 0.717) is 44.1 Å². The molecule has 1 aromatic heterocycles. The number of esters is 1. The van der Waals surface area contributed by atoms with Crippen LogP contribution in [0.15, 0.2) is 22.7 Å². The fraction of sp³-hybridized carbons (Fsp3) is 0.593. The topological polar surface area (TPSA) is 81.4 Å². The Bertz CT molecular complexity index is 957. The van der Waals surface area contributed by atoms with Gasteiger partial charge in [0.25, 0.3) is 0 Å². The molecular weight excluding hydrogens is 416 g/mol. The van der Waals surface area contributed by atoms with Crippen molar-refractivity contribution in [1.29, 1.82) is 0 Å². The van der Waals surface area contributed by atoms with Crippen molar-refractivity contribution in [2.45, 2.75) is 85.5 Å². The molecule has 0 spiro atoms. The maximum absolute atomic E-state index is 12.6. The number of rotatable bonds is 11. The largest absolute Gasteiger partial charge is 0.466 e. The van der Waals surface area contributed by atoms with Gasteiger partial charge in [-0.1, -0.05) is 36.7 Å². The van der Waals surface area contributed by atoms with Crippen molar-refractivity contribution in [1.82, 2.24) is 5.16 Å². The Labute approximate surface area is 197 Å². The highest BCUT2D eigenvalue weighted by Gasteiger charge is 2.35. The highest BCUT2D eigenvalue weighted by atomic mass is 16.5. The average molecular weight is 455 g/mol. The average Bonchev–Trinajstić information content (AvgIpc) is 3.11. The number of aryl methyl sites for hydroxylation is 3. The number of nitrogens with zero attached hydrogens (tertiary/aromatic N) is 1. The molecule has 0 radical (unpaired) electrons. The minimum atomic E-state index is -0.213. The molecule has 1 aliphatic carbocycles. The van der Waals surface area contributed by atoms with Gasteiger partial charge in [-0.05, 0) is 69.9 Å². The molecule has 3 rings (SSSR count). The first kappa shape index (κ1) is 25.0. The van der Waals surface area contributed by atoms with Crippen molar-refractivity contribution in [3.63, 3.8) is 0 Å². The van der Waals surface area contributed by atoms with Gasteiger partial charge in [0.2, 0.25) is 5.91 Å². The van der Waals surface area contributed by atoms with Gasteiger partial charge < -0.3 is 14.6 Å². The van der Waals surface area contributed by atoms with E-state index < -0.39 is 0 Å². The summed E-state index contributed by atoms with van der Waals surface area (Å²) in [6.07, 6.45) is 5.07. The maximum Gasteiger partial charge on any atom is 0.306 e. The Morgan fingerprint density at radius 3 is 2.61 bits per heavy atom. The van der Waals surface area contributed by atoms with Gasteiger partial charge in [0.1, 0.15) is 5.76 Å². The third kappa shape index (κ3) is 6.92. The number of hydrogen-bond acceptors (Lipinski definition) is 5. The van der Waals surface area contributed by atoms with Crippen molar-refractivity contribution in [3.8, 4) is 0 Å². The molecule has 1 aromatic carbocycles. The molecule has 2 aromatic rings. The first-order chi connectivity index (χ1) is 15.8. The van der Waals surface area contributed by atoms with Gasteiger partial charge in [-0.3, -0.25) is 9.59 Å². The molecule has 1 heterocycles. The quantitative estimate of drug-likeness (QED) is 0.428. The second-order valence-electron chi connectivity index (χ2n) is 9.81. The van der Waals surface area contributed by atoms with Gasteiger partial charge in [0.05, 0.1) is 12.3 Å². The number of hydrogen-bond donors (Lipinski definition) is 1. The molecule has 1 amide bonds. The summed E-state index contributed by atoms with van der Waals surface area (Å²) in [5.74, 6) is 2.42. The maximum atomic E-state index is 12.6. The van der Waals surface area contributed by atoms with Crippen LogP contribution >= 0.6 is 0 Å². The van der Waals surface area contributed by atoms with Crippen molar-refractivity contribution < 1.29 is 18.8 Å². The van der Waals surface area contributed by atoms with Gasteiger partial charge in [-0.15, -0.1) is 0 Å². The van der Waals surface area contributed by atoms with Crippen LogP contribution in [0.4, 0.5) is 5.69 Å². The molecule has 1 fully saturated rings. The van der Waals surface area contributed by atoms with Crippen LogP contribution in [0.3, 0.4) is 0 Å². The summed E-state index contributed by atoms with van der Waals surface area (Å²) in [7, 11) is 0. The zero-order valence-corrected chi connectivity index (χ0v) is 20.7. The zero-order valence-electron chi connectivity index (χ0n) is 20.7. The van der Waals surface area contributed by atoms with Crippen LogP contribution in [0.25, 0.3) is 0 Å². The van der Waals surface area contributed by atoms with E-state index in [0.717, 1.165) is 47.0 Å². The summed E-state index contributed by atoms with van der Waals surface area (Å²) >= 11 is 0. The number of amides is 1. The summed E-state index contributed by atoms with van der Waals surface area (Å²) in [5.41, 5.74) is 4.83. The molecule has 0 aliphatic heterocycles. The summed E-state index contributed by atoms with van der Waals surface area (Å²) in [6, 6.07) is 5.98. The van der Waals surface area contributed by atoms with E-state index in [1.54, 1.807) is 0 Å². The van der Waals surface area contributed by atoms with E-state index in [1.165, 1.54) is 12.0 Å². The molecular formula is C27H38N2O4. The molecule has 33 heavy (non-hydrogen) atoms. The van der Waals surface area contributed by atoms with E-state index in [-0.39, 0.29) is 11.9 Å². The fourth-order valence-electron chi connectivity index (χ4n) is 4.81. The normalized spacial score (nSPS) is 17.6. The number of ether oxygens (including phenoxy) is 1. The second kappa shape index (κ2) is 11.5. The first-order valence-electron chi connectivity index (χ1n) is 12.3. The number of carbonyl (C=O) groups is 2. The molecule has 6 nitrogen and oxygen atoms in total. The van der Waals surface area contributed by atoms with E-state index in [2.05, 4.69) is 30.4 Å². The Balaban J connectivity index is 1.65. The zero-order chi connectivity index (χ0) is 24.0. The summed E-state index contributed by atoms with van der Waals surface area (Å²) in [4.78, 5) is 24.6. The lowest BCUT2D eigenvalue weighted by molar-refractivity contribution is -0.143. The minimum Gasteiger partial charge on any atom is -0.466 e. The SMILES string of the molecule is CCOC(=O)CCc1c(CCC(=O)Nc2ccc(C)cc2C)noc1[C@H]1C[C@@H](CC(C)C)C1. The Morgan fingerprint density at radius 2 is 1.94 bits per heavy atom. The predicted octanol–water partition coefficient (Wildman–Crippen LogP) is 5.90. The van der Waals surface area contributed by atoms with E-state index >= 15 is 0 Å². The molecule has 0 bridgehead atoms. The summed E-state index contributed by atoms with van der Waals surface area (Å²) < 4.78 is 10.9. The van der Waals surface area contributed by atoms with Gasteiger partial charge in [-0.25, -0.2) is 0 Å². The third-order valence-corrected chi connectivity index (χ3v) is 6.44. The van der Waals surface area contributed by atoms with Crippen molar-refractivity contribution in [3.05, 3.63) is 46.3 Å². The van der Waals surface area contributed by atoms with Crippen LogP contribution in [0.5, 0.6) is 0 Å². The van der Waals surface area contributed by atoms with Gasteiger partial charge in [-0.2, -0.15) is 0 Å². The Hall–Kier alpha value is -2.63. The van der Waals surface area contributed by atoms with Gasteiger partial charge in [0, 0.05) is 36.4 Å². The van der Waals surface area contributed by atoms with E-state index in [1.807, 2.05) is 32.9 Å². The number of anilines is 1. The lowest BCUT2D eigenvalue weighted by Crippen LogP contribution is -2.24. The van der Waals surface area contributed by atoms with Gasteiger partial charge >= 0.3 is 5.97 Å². The molecule has 0 atom stereocenters. The minimum absolute atomic E-state index is 0.0523. The Morgan fingerprint density at radius 1 is 1.18 bits per heavy atom. The van der Waals surface area contributed by atoms with Crippen LogP contribution < -0.4 is 5.32 Å². The standard InChI is InChI=1S/C27H38N2O4/c1-6-32-26(31)12-8-22-24(29-33-27(22)21-15-20(16-21)13-17(2)3)10-11-25(30)28-23-9-7-18(4)14-19(23)5/h7,9,14,17,20-21H,6,8,10-13,15-16H2,1-5H3,(H,28,30)/t20-,21+. The molecule has 1 saturated carbocycles. The lowest BCUT2D eigenvalue weighted by Gasteiger charge is -2.35. The van der Waals surface area contributed by atoms with E-state index in [4.69, 9.17) is 9.26 Å². The van der Waals surface area contributed by atoms with Crippen molar-refractivity contribution in [2.24, 2.45) is 11.8 Å². The van der Waals surface area contributed by atoms with Crippen LogP contribution in [0.1, 0.15) is 86.9 Å². The summed E-state index contributed by atoms with van der Waals surface area (Å²) in [6.45, 7) is 10.7. The first-order valence-corrected chi connectivity index (χ1v) is 12.3. The van der Waals surface area contributed by atoms with Crippen LogP contribution in [0, 0.1) is 25.7 Å². The third-order valence-electron chi connectivity index (χ3n) is 6.44. The predicted molar refractivity (Wildman–Crippen MR) is 129 cm³/mol.